The van der Waals surface area contributed by atoms with E-state index in [1.54, 1.807) is 12.1 Å². The molecule has 3 aromatic rings. The van der Waals surface area contributed by atoms with Gasteiger partial charge in [-0.15, -0.1) is 0 Å². The fourth-order valence-electron chi connectivity index (χ4n) is 2.24. The minimum Gasteiger partial charge on any atom is -0.461 e. The number of halogens is 2. The molecule has 0 aliphatic heterocycles. The third-order valence-electron chi connectivity index (χ3n) is 3.29. The average molecular weight is 290 g/mol. The second-order valence-corrected chi connectivity index (χ2v) is 5.02. The Kier molecular flexibility index (Phi) is 3.36. The van der Waals surface area contributed by atoms with Crippen molar-refractivity contribution in [2.75, 3.05) is 5.32 Å². The van der Waals surface area contributed by atoms with Crippen LogP contribution in [-0.2, 0) is 6.54 Å². The monoisotopic (exact) mass is 289 g/mol. The van der Waals surface area contributed by atoms with E-state index in [0.29, 0.717) is 12.2 Å². The zero-order valence-electron chi connectivity index (χ0n) is 10.9. The van der Waals surface area contributed by atoms with Crippen molar-refractivity contribution in [1.82, 2.24) is 0 Å². The van der Waals surface area contributed by atoms with Crippen LogP contribution in [0.1, 0.15) is 11.3 Å². The van der Waals surface area contributed by atoms with Crippen LogP contribution >= 0.6 is 11.6 Å². The third kappa shape index (κ3) is 2.37. The predicted molar refractivity (Wildman–Crippen MR) is 79.7 cm³/mol. The van der Waals surface area contributed by atoms with Gasteiger partial charge in [-0.05, 0) is 31.2 Å². The minimum absolute atomic E-state index is 0.125. The molecule has 1 heterocycles. The van der Waals surface area contributed by atoms with Gasteiger partial charge in [-0.25, -0.2) is 4.39 Å². The summed E-state index contributed by atoms with van der Waals surface area (Å²) in [6.45, 7) is 2.50. The van der Waals surface area contributed by atoms with Gasteiger partial charge in [0.05, 0.1) is 5.02 Å². The number of benzene rings is 2. The fourth-order valence-corrected chi connectivity index (χ4v) is 2.35. The summed E-state index contributed by atoms with van der Waals surface area (Å²) < 4.78 is 19.1. The highest BCUT2D eigenvalue weighted by Crippen LogP contribution is 2.26. The first-order valence-electron chi connectivity index (χ1n) is 6.31. The molecule has 0 fully saturated rings. The summed E-state index contributed by atoms with van der Waals surface area (Å²) in [7, 11) is 0. The third-order valence-corrected chi connectivity index (χ3v) is 3.60. The van der Waals surface area contributed by atoms with Gasteiger partial charge in [0.1, 0.15) is 17.2 Å². The summed E-state index contributed by atoms with van der Waals surface area (Å²) in [6.07, 6.45) is 0. The maximum atomic E-state index is 13.4. The summed E-state index contributed by atoms with van der Waals surface area (Å²) in [5, 5.41) is 4.39. The van der Waals surface area contributed by atoms with Gasteiger partial charge >= 0.3 is 0 Å². The number of anilines is 1. The van der Waals surface area contributed by atoms with Gasteiger partial charge in [-0.3, -0.25) is 0 Å². The number of fused-ring (bicyclic) bond motifs is 1. The highest BCUT2D eigenvalue weighted by Gasteiger charge is 2.10. The van der Waals surface area contributed by atoms with E-state index in [4.69, 9.17) is 16.0 Å². The van der Waals surface area contributed by atoms with Crippen molar-refractivity contribution in [3.63, 3.8) is 0 Å². The molecule has 0 bridgehead atoms. The lowest BCUT2D eigenvalue weighted by atomic mass is 10.1. The quantitative estimate of drug-likeness (QED) is 0.721. The van der Waals surface area contributed by atoms with Crippen LogP contribution in [0.5, 0.6) is 0 Å². The van der Waals surface area contributed by atoms with Gasteiger partial charge in [0, 0.05) is 23.2 Å². The Balaban J connectivity index is 1.86. The molecule has 0 unspecified atom stereocenters. The molecule has 0 radical (unpaired) electrons. The number of para-hydroxylation sites is 1. The summed E-state index contributed by atoms with van der Waals surface area (Å²) in [6, 6.07) is 12.6. The van der Waals surface area contributed by atoms with E-state index in [9.17, 15) is 4.39 Å². The molecular formula is C16H13ClFNO. The van der Waals surface area contributed by atoms with Crippen molar-refractivity contribution in [1.29, 1.82) is 0 Å². The number of hydrogen-bond donors (Lipinski definition) is 1. The minimum atomic E-state index is -0.426. The summed E-state index contributed by atoms with van der Waals surface area (Å²) in [5.41, 5.74) is 2.64. The Morgan fingerprint density at radius 3 is 2.80 bits per heavy atom. The molecule has 2 nitrogen and oxygen atoms in total. The molecule has 0 aliphatic carbocycles. The van der Waals surface area contributed by atoms with Gasteiger partial charge in [-0.2, -0.15) is 0 Å². The lowest BCUT2D eigenvalue weighted by molar-refractivity contribution is 0.573. The van der Waals surface area contributed by atoms with Crippen molar-refractivity contribution in [2.45, 2.75) is 13.5 Å². The molecule has 2 aromatic carbocycles. The maximum Gasteiger partial charge on any atom is 0.143 e. The van der Waals surface area contributed by atoms with Gasteiger partial charge in [0.25, 0.3) is 0 Å². The van der Waals surface area contributed by atoms with E-state index in [0.717, 1.165) is 22.3 Å². The van der Waals surface area contributed by atoms with E-state index >= 15 is 0 Å². The van der Waals surface area contributed by atoms with Crippen LogP contribution in [0, 0.1) is 12.7 Å². The molecule has 0 saturated carbocycles. The zero-order chi connectivity index (χ0) is 14.1. The Labute approximate surface area is 121 Å². The van der Waals surface area contributed by atoms with Crippen LogP contribution in [0.2, 0.25) is 5.02 Å². The Morgan fingerprint density at radius 2 is 2.00 bits per heavy atom. The van der Waals surface area contributed by atoms with E-state index < -0.39 is 5.82 Å². The van der Waals surface area contributed by atoms with Crippen molar-refractivity contribution in [2.24, 2.45) is 0 Å². The predicted octanol–water partition coefficient (Wildman–Crippen LogP) is 5.15. The number of nitrogens with one attached hydrogen (secondary N) is 1. The van der Waals surface area contributed by atoms with Gasteiger partial charge in [0.2, 0.25) is 0 Å². The molecular weight excluding hydrogens is 277 g/mol. The topological polar surface area (TPSA) is 25.2 Å². The summed E-state index contributed by atoms with van der Waals surface area (Å²) in [4.78, 5) is 0. The first kappa shape index (κ1) is 13.0. The van der Waals surface area contributed by atoms with Crippen molar-refractivity contribution in [3.8, 4) is 0 Å². The van der Waals surface area contributed by atoms with E-state index in [1.165, 1.54) is 6.07 Å². The largest absolute Gasteiger partial charge is 0.461 e. The van der Waals surface area contributed by atoms with E-state index in [-0.39, 0.29) is 5.02 Å². The highest BCUT2D eigenvalue weighted by atomic mass is 35.5. The maximum absolute atomic E-state index is 13.4. The molecule has 0 amide bonds. The molecule has 4 heteroatoms. The van der Waals surface area contributed by atoms with Crippen LogP contribution in [0.25, 0.3) is 11.0 Å². The number of hydrogen-bond acceptors (Lipinski definition) is 2. The van der Waals surface area contributed by atoms with Crippen LogP contribution in [-0.4, -0.2) is 0 Å². The van der Waals surface area contributed by atoms with E-state index in [2.05, 4.69) is 5.32 Å². The number of rotatable bonds is 3. The van der Waals surface area contributed by atoms with Gasteiger partial charge in [0.15, 0.2) is 0 Å². The second kappa shape index (κ2) is 5.17. The second-order valence-electron chi connectivity index (χ2n) is 4.62. The van der Waals surface area contributed by atoms with Crippen LogP contribution in [0.4, 0.5) is 10.1 Å². The normalized spacial score (nSPS) is 10.9. The van der Waals surface area contributed by atoms with Gasteiger partial charge in [-0.1, -0.05) is 29.8 Å². The van der Waals surface area contributed by atoms with Crippen molar-refractivity contribution < 1.29 is 8.81 Å². The van der Waals surface area contributed by atoms with Crippen molar-refractivity contribution in [3.05, 3.63) is 64.6 Å². The highest BCUT2D eigenvalue weighted by molar-refractivity contribution is 6.30. The lowest BCUT2D eigenvalue weighted by Gasteiger charge is -2.07. The first-order chi connectivity index (χ1) is 9.65. The zero-order valence-corrected chi connectivity index (χ0v) is 11.7. The summed E-state index contributed by atoms with van der Waals surface area (Å²) >= 11 is 5.67. The Bertz CT molecular complexity index is 766. The molecule has 1 aromatic heterocycles. The molecule has 0 atom stereocenters. The Morgan fingerprint density at radius 1 is 1.20 bits per heavy atom. The van der Waals surface area contributed by atoms with Crippen LogP contribution < -0.4 is 5.32 Å². The molecule has 3 rings (SSSR count). The number of furan rings is 1. The molecule has 102 valence electrons. The lowest BCUT2D eigenvalue weighted by Crippen LogP contribution is -2.00. The fraction of sp³-hybridized carbons (Fsp3) is 0.125. The molecule has 0 aliphatic rings. The smallest absolute Gasteiger partial charge is 0.143 e. The SMILES string of the molecule is Cc1oc2ccccc2c1CNc1ccc(Cl)c(F)c1. The molecule has 1 N–H and O–H groups in total. The molecule has 0 saturated heterocycles. The van der Waals surface area contributed by atoms with Crippen LogP contribution in [0.3, 0.4) is 0 Å². The Hall–Kier alpha value is -2.00. The van der Waals surface area contributed by atoms with Gasteiger partial charge < -0.3 is 9.73 Å². The first-order valence-corrected chi connectivity index (χ1v) is 6.69. The molecule has 20 heavy (non-hydrogen) atoms. The average Bonchev–Trinajstić information content (AvgIpc) is 2.76. The standard InChI is InChI=1S/C16H13ClFNO/c1-10-13(12-4-2-3-5-16(12)20-10)9-19-11-6-7-14(17)15(18)8-11/h2-8,19H,9H2,1H3. The van der Waals surface area contributed by atoms with Crippen LogP contribution in [0.15, 0.2) is 46.9 Å². The number of aryl methyl sites for hydroxylation is 1. The van der Waals surface area contributed by atoms with Crippen molar-refractivity contribution >= 4 is 28.3 Å². The van der Waals surface area contributed by atoms with E-state index in [1.807, 2.05) is 31.2 Å². The summed E-state index contributed by atoms with van der Waals surface area (Å²) in [5.74, 6) is 0.443. The molecule has 0 spiro atoms.